The molecule has 0 saturated heterocycles. The van der Waals surface area contributed by atoms with Crippen LogP contribution in [0, 0.1) is 38.5 Å². The monoisotopic (exact) mass is 530 g/mol. The van der Waals surface area contributed by atoms with Gasteiger partial charge in [0.05, 0.1) is 0 Å². The van der Waals surface area contributed by atoms with E-state index < -0.39 is 0 Å². The minimum absolute atomic E-state index is 0. The van der Waals surface area contributed by atoms with Crippen LogP contribution in [0.4, 0.5) is 0 Å². The molecule has 0 aromatic rings. The number of hydrogen-bond acceptors (Lipinski definition) is 1. The molecule has 3 radical (unpaired) electrons. The summed E-state index contributed by atoms with van der Waals surface area (Å²) in [6.07, 6.45) is 21.2. The van der Waals surface area contributed by atoms with E-state index in [1.165, 1.54) is 38.5 Å². The van der Waals surface area contributed by atoms with Gasteiger partial charge >= 0.3 is 0 Å². The first-order chi connectivity index (χ1) is 9.35. The average molecular weight is 530 g/mol. The zero-order valence-corrected chi connectivity index (χ0v) is 23.5. The molecule has 0 aromatic carbocycles. The van der Waals surface area contributed by atoms with Gasteiger partial charge in [-0.3, -0.25) is 0 Å². The van der Waals surface area contributed by atoms with Gasteiger partial charge in [0.1, 0.15) is 0 Å². The van der Waals surface area contributed by atoms with E-state index >= 15 is 0 Å². The summed E-state index contributed by atoms with van der Waals surface area (Å²) >= 11 is 0. The van der Waals surface area contributed by atoms with E-state index in [4.69, 9.17) is 0 Å². The second-order valence-electron chi connectivity index (χ2n) is 5.04. The van der Waals surface area contributed by atoms with Gasteiger partial charge in [0.2, 0.25) is 0 Å². The second-order valence-corrected chi connectivity index (χ2v) is 5.04. The minimum atomic E-state index is 0. The van der Waals surface area contributed by atoms with Gasteiger partial charge in [0, 0.05) is 98.1 Å². The summed E-state index contributed by atoms with van der Waals surface area (Å²) in [6.45, 7) is 9.76. The van der Waals surface area contributed by atoms with Gasteiger partial charge in [0.25, 0.3) is 0 Å². The van der Waals surface area contributed by atoms with E-state index in [1.54, 1.807) is 0 Å². The van der Waals surface area contributed by atoms with E-state index in [0.29, 0.717) is 0 Å². The molecule has 0 saturated carbocycles. The van der Waals surface area contributed by atoms with Crippen LogP contribution in [0.15, 0.2) is 0 Å². The van der Waals surface area contributed by atoms with E-state index in [-0.39, 0.29) is 98.1 Å². The Kier molecular flexibility index (Phi) is 43.4. The summed E-state index contributed by atoms with van der Waals surface area (Å²) in [7, 11) is 0. The fourth-order valence-corrected chi connectivity index (χ4v) is 1.90. The molecular formula is C18H33NY3-6. The Bertz CT molecular complexity index is 140. The molecule has 0 rings (SSSR count). The maximum Gasteiger partial charge on any atom is 0 e. The second kappa shape index (κ2) is 29.1. The molecule has 0 fully saturated rings. The number of nitrogens with zero attached hydrogens (tertiary/aromatic N) is 1. The maximum absolute atomic E-state index is 2.53. The summed E-state index contributed by atoms with van der Waals surface area (Å²) in [5.74, 6) is 0. The van der Waals surface area contributed by atoms with Crippen LogP contribution >= 0.6 is 0 Å². The van der Waals surface area contributed by atoms with Gasteiger partial charge in [-0.25, -0.2) is 38.5 Å². The summed E-state index contributed by atoms with van der Waals surface area (Å²) in [5.41, 5.74) is 0. The predicted molar refractivity (Wildman–Crippen MR) is 87.0 cm³/mol. The van der Waals surface area contributed by atoms with E-state index in [0.717, 1.165) is 19.6 Å². The molecule has 0 aliphatic heterocycles. The van der Waals surface area contributed by atoms with Crippen LogP contribution in [0.2, 0.25) is 0 Å². The summed E-state index contributed by atoms with van der Waals surface area (Å²) < 4.78 is 0. The predicted octanol–water partition coefficient (Wildman–Crippen LogP) is 4.91. The number of unbranched alkanes of at least 4 members (excludes halogenated alkanes) is 9. The Morgan fingerprint density at radius 2 is 0.773 bits per heavy atom. The molecule has 22 heavy (non-hydrogen) atoms. The molecule has 0 atom stereocenters. The van der Waals surface area contributed by atoms with Crippen molar-refractivity contribution in [2.24, 2.45) is 0 Å². The molecule has 4 heteroatoms. The van der Waals surface area contributed by atoms with Crippen molar-refractivity contribution in [1.82, 2.24) is 4.90 Å². The van der Waals surface area contributed by atoms with Crippen LogP contribution < -0.4 is 0 Å². The molecule has 0 N–H and O–H groups in total. The standard InChI is InChI=1S/C18H33N.3Y/c1-4-7-10-13-16-19(17-14-11-8-5-2)18-15-12-9-6-3;;;/h4-6,13-15H,7-12,16-18H2,1-3H3;;;/q-6;;;. The maximum atomic E-state index is 2.53. The number of rotatable bonds is 15. The molecule has 1 nitrogen and oxygen atoms in total. The summed E-state index contributed by atoms with van der Waals surface area (Å²) in [5, 5.41) is 0. The van der Waals surface area contributed by atoms with Crippen molar-refractivity contribution in [2.45, 2.75) is 59.3 Å². The fourth-order valence-electron chi connectivity index (χ4n) is 1.90. The third-order valence-electron chi connectivity index (χ3n) is 3.14. The van der Waals surface area contributed by atoms with E-state index in [9.17, 15) is 0 Å². The van der Waals surface area contributed by atoms with Gasteiger partial charge in [-0.1, -0.05) is 0 Å². The molecular weight excluding hydrogens is 497 g/mol. The van der Waals surface area contributed by atoms with Crippen LogP contribution in [-0.4, -0.2) is 24.5 Å². The van der Waals surface area contributed by atoms with Crippen LogP contribution in [0.25, 0.3) is 0 Å². The Hall–Kier alpha value is 3.27. The average Bonchev–Trinajstić information content (AvgIpc) is 2.43. The Labute approximate surface area is 217 Å². The van der Waals surface area contributed by atoms with E-state index in [2.05, 4.69) is 64.2 Å². The van der Waals surface area contributed by atoms with Gasteiger partial charge in [-0.2, -0.15) is 20.8 Å². The first-order valence-electron chi connectivity index (χ1n) is 7.85. The van der Waals surface area contributed by atoms with Crippen molar-refractivity contribution in [1.29, 1.82) is 0 Å². The third-order valence-corrected chi connectivity index (χ3v) is 3.14. The van der Waals surface area contributed by atoms with Crippen molar-refractivity contribution in [3.05, 3.63) is 38.5 Å². The molecule has 0 amide bonds. The third kappa shape index (κ3) is 25.5. The SMILES string of the molecule is C[CH-]CC[CH-]CN(C[CH-]CC[CH-]C)C[CH-]CC[CH-]C.[Y].[Y].[Y]. The largest absolute Gasteiger partial charge is 0.391 e. The molecule has 0 spiro atoms. The number of hydrogen-bond donors (Lipinski definition) is 0. The van der Waals surface area contributed by atoms with Crippen molar-refractivity contribution in [2.75, 3.05) is 19.6 Å². The topological polar surface area (TPSA) is 3.24 Å². The molecule has 125 valence electrons. The van der Waals surface area contributed by atoms with Crippen molar-refractivity contribution in [3.63, 3.8) is 0 Å². The molecule has 0 bridgehead atoms. The molecule has 0 unspecified atom stereocenters. The van der Waals surface area contributed by atoms with E-state index in [1.807, 2.05) is 0 Å². The Morgan fingerprint density at radius 3 is 1.00 bits per heavy atom. The zero-order chi connectivity index (χ0) is 14.2. The smallest absolute Gasteiger partial charge is 0 e. The van der Waals surface area contributed by atoms with Crippen molar-refractivity contribution < 1.29 is 98.1 Å². The van der Waals surface area contributed by atoms with Crippen LogP contribution in [0.3, 0.4) is 0 Å². The van der Waals surface area contributed by atoms with Gasteiger partial charge < -0.3 is 43.4 Å². The van der Waals surface area contributed by atoms with Crippen molar-refractivity contribution >= 4 is 0 Å². The molecule has 0 heterocycles. The molecule has 0 aliphatic carbocycles. The quantitative estimate of drug-likeness (QED) is 0.215. The van der Waals surface area contributed by atoms with Crippen LogP contribution in [-0.2, 0) is 98.1 Å². The Morgan fingerprint density at radius 1 is 0.500 bits per heavy atom. The van der Waals surface area contributed by atoms with Gasteiger partial charge in [-0.15, -0.1) is 19.6 Å². The van der Waals surface area contributed by atoms with Gasteiger partial charge in [-0.05, 0) is 0 Å². The minimum Gasteiger partial charge on any atom is -0.391 e. The van der Waals surface area contributed by atoms with Crippen LogP contribution in [0.1, 0.15) is 59.3 Å². The fraction of sp³-hybridized carbons (Fsp3) is 0.667. The zero-order valence-electron chi connectivity index (χ0n) is 15.0. The first-order valence-corrected chi connectivity index (χ1v) is 7.85. The molecule has 0 aliphatic rings. The van der Waals surface area contributed by atoms with Crippen LogP contribution in [0.5, 0.6) is 0 Å². The Balaban J connectivity index is -0.000000540. The normalized spacial score (nSPS) is 9.82. The first kappa shape index (κ1) is 32.9. The van der Waals surface area contributed by atoms with Crippen molar-refractivity contribution in [3.8, 4) is 0 Å². The van der Waals surface area contributed by atoms with Gasteiger partial charge in [0.15, 0.2) is 0 Å². The summed E-state index contributed by atoms with van der Waals surface area (Å²) in [6, 6.07) is 0. The summed E-state index contributed by atoms with van der Waals surface area (Å²) in [4.78, 5) is 2.53. The molecule has 0 aromatic heterocycles.